The second-order valence-electron chi connectivity index (χ2n) is 4.30. The minimum atomic E-state index is 0.118. The zero-order valence-electron chi connectivity index (χ0n) is 9.42. The highest BCUT2D eigenvalue weighted by molar-refractivity contribution is 7.12. The molecule has 0 radical (unpaired) electrons. The van der Waals surface area contributed by atoms with E-state index in [-0.39, 0.29) is 5.38 Å². The number of ether oxygens (including phenoxy) is 1. The third kappa shape index (κ3) is 2.22. The number of aryl methyl sites for hydroxylation is 2. The van der Waals surface area contributed by atoms with Gasteiger partial charge in [0.2, 0.25) is 0 Å². The maximum Gasteiger partial charge on any atom is 0.0649 e. The molecular formula is C12H17ClOS. The summed E-state index contributed by atoms with van der Waals surface area (Å²) in [5.41, 5.74) is 1.31. The van der Waals surface area contributed by atoms with Gasteiger partial charge in [0.15, 0.2) is 0 Å². The minimum Gasteiger partial charge on any atom is -0.378 e. The van der Waals surface area contributed by atoms with Crippen LogP contribution in [0.25, 0.3) is 0 Å². The van der Waals surface area contributed by atoms with E-state index in [0.717, 1.165) is 13.0 Å². The number of hydrogen-bond acceptors (Lipinski definition) is 2. The highest BCUT2D eigenvalue weighted by atomic mass is 35.5. The lowest BCUT2D eigenvalue weighted by molar-refractivity contribution is 0.105. The Balaban J connectivity index is 2.19. The summed E-state index contributed by atoms with van der Waals surface area (Å²) >= 11 is 8.38. The Morgan fingerprint density at radius 3 is 2.73 bits per heavy atom. The van der Waals surface area contributed by atoms with Crippen molar-refractivity contribution in [1.82, 2.24) is 0 Å². The van der Waals surface area contributed by atoms with Crippen LogP contribution in [0.3, 0.4) is 0 Å². The van der Waals surface area contributed by atoms with Gasteiger partial charge in [0.05, 0.1) is 11.5 Å². The molecule has 3 unspecified atom stereocenters. The summed E-state index contributed by atoms with van der Waals surface area (Å²) in [6.45, 7) is 7.28. The molecule has 1 saturated heterocycles. The van der Waals surface area contributed by atoms with Crippen molar-refractivity contribution >= 4 is 22.9 Å². The van der Waals surface area contributed by atoms with Gasteiger partial charge >= 0.3 is 0 Å². The van der Waals surface area contributed by atoms with E-state index >= 15 is 0 Å². The van der Waals surface area contributed by atoms with Crippen LogP contribution in [-0.4, -0.2) is 12.7 Å². The van der Waals surface area contributed by atoms with Gasteiger partial charge in [-0.05, 0) is 38.8 Å². The lowest BCUT2D eigenvalue weighted by Crippen LogP contribution is -2.16. The minimum absolute atomic E-state index is 0.118. The van der Waals surface area contributed by atoms with Gasteiger partial charge in [-0.2, -0.15) is 0 Å². The van der Waals surface area contributed by atoms with Crippen molar-refractivity contribution in [3.63, 3.8) is 0 Å². The maximum absolute atomic E-state index is 6.55. The molecule has 2 heterocycles. The molecule has 0 aliphatic carbocycles. The Morgan fingerprint density at radius 2 is 2.27 bits per heavy atom. The first-order chi connectivity index (χ1) is 7.09. The first kappa shape index (κ1) is 11.4. The molecule has 1 aromatic rings. The molecule has 84 valence electrons. The molecule has 2 rings (SSSR count). The normalized spacial score (nSPS) is 28.3. The monoisotopic (exact) mass is 244 g/mol. The average Bonchev–Trinajstić information content (AvgIpc) is 2.71. The fourth-order valence-corrected chi connectivity index (χ4v) is 3.88. The number of hydrogen-bond donors (Lipinski definition) is 0. The summed E-state index contributed by atoms with van der Waals surface area (Å²) in [6.07, 6.45) is 1.39. The van der Waals surface area contributed by atoms with E-state index in [4.69, 9.17) is 16.3 Å². The SMILES string of the molecule is Cc1cc(C(Cl)C2CCOC2C)c(C)s1. The maximum atomic E-state index is 6.55. The predicted octanol–water partition coefficient (Wildman–Crippen LogP) is 4.07. The van der Waals surface area contributed by atoms with Crippen LogP contribution in [-0.2, 0) is 4.74 Å². The van der Waals surface area contributed by atoms with Gasteiger partial charge in [0.1, 0.15) is 0 Å². The zero-order valence-corrected chi connectivity index (χ0v) is 11.0. The van der Waals surface area contributed by atoms with Crippen molar-refractivity contribution in [2.75, 3.05) is 6.61 Å². The summed E-state index contributed by atoms with van der Waals surface area (Å²) < 4.78 is 5.57. The topological polar surface area (TPSA) is 9.23 Å². The third-order valence-electron chi connectivity index (χ3n) is 3.19. The molecule has 15 heavy (non-hydrogen) atoms. The van der Waals surface area contributed by atoms with Gasteiger partial charge in [-0.25, -0.2) is 0 Å². The van der Waals surface area contributed by atoms with Crippen molar-refractivity contribution in [1.29, 1.82) is 0 Å². The third-order valence-corrected chi connectivity index (χ3v) is 4.73. The second-order valence-corrected chi connectivity index (χ2v) is 6.23. The van der Waals surface area contributed by atoms with Gasteiger partial charge < -0.3 is 4.74 Å². The lowest BCUT2D eigenvalue weighted by Gasteiger charge is -2.20. The summed E-state index contributed by atoms with van der Waals surface area (Å²) in [7, 11) is 0. The van der Waals surface area contributed by atoms with Crippen LogP contribution in [0.1, 0.15) is 34.0 Å². The quantitative estimate of drug-likeness (QED) is 0.713. The molecule has 0 N–H and O–H groups in total. The zero-order chi connectivity index (χ0) is 11.0. The van der Waals surface area contributed by atoms with E-state index in [2.05, 4.69) is 26.8 Å². The van der Waals surface area contributed by atoms with Gasteiger partial charge in [0, 0.05) is 22.3 Å². The van der Waals surface area contributed by atoms with E-state index in [1.54, 1.807) is 0 Å². The van der Waals surface area contributed by atoms with E-state index in [0.29, 0.717) is 12.0 Å². The molecule has 0 bridgehead atoms. The van der Waals surface area contributed by atoms with Crippen LogP contribution < -0.4 is 0 Å². The van der Waals surface area contributed by atoms with Crippen molar-refractivity contribution in [3.8, 4) is 0 Å². The summed E-state index contributed by atoms with van der Waals surface area (Å²) in [5.74, 6) is 0.472. The molecule has 1 fully saturated rings. The highest BCUT2D eigenvalue weighted by Crippen LogP contribution is 2.41. The Morgan fingerprint density at radius 1 is 1.53 bits per heavy atom. The van der Waals surface area contributed by atoms with Gasteiger partial charge in [-0.1, -0.05) is 0 Å². The lowest BCUT2D eigenvalue weighted by atomic mass is 9.93. The smallest absolute Gasteiger partial charge is 0.0649 e. The number of halogens is 1. The predicted molar refractivity (Wildman–Crippen MR) is 65.9 cm³/mol. The van der Waals surface area contributed by atoms with E-state index in [1.165, 1.54) is 15.3 Å². The number of alkyl halides is 1. The largest absolute Gasteiger partial charge is 0.378 e. The fraction of sp³-hybridized carbons (Fsp3) is 0.667. The molecule has 3 atom stereocenters. The van der Waals surface area contributed by atoms with Crippen molar-refractivity contribution < 1.29 is 4.74 Å². The molecule has 1 aromatic heterocycles. The first-order valence-electron chi connectivity index (χ1n) is 5.42. The second kappa shape index (κ2) is 4.44. The van der Waals surface area contributed by atoms with E-state index in [9.17, 15) is 0 Å². The average molecular weight is 245 g/mol. The molecule has 0 saturated carbocycles. The summed E-state index contributed by atoms with van der Waals surface area (Å²) in [5, 5.41) is 0.118. The van der Waals surface area contributed by atoms with Crippen LogP contribution >= 0.6 is 22.9 Å². The van der Waals surface area contributed by atoms with E-state index in [1.807, 2.05) is 11.3 Å². The van der Waals surface area contributed by atoms with Crippen molar-refractivity contribution in [2.45, 2.75) is 38.7 Å². The molecule has 0 aromatic carbocycles. The van der Waals surface area contributed by atoms with Gasteiger partial charge in [0.25, 0.3) is 0 Å². The Labute approximate surface area is 100 Å². The Bertz CT molecular complexity index is 347. The molecule has 0 amide bonds. The molecule has 1 nitrogen and oxygen atoms in total. The number of rotatable bonds is 2. The summed E-state index contributed by atoms with van der Waals surface area (Å²) in [6, 6.07) is 2.22. The van der Waals surface area contributed by atoms with Crippen LogP contribution in [0.4, 0.5) is 0 Å². The molecule has 1 aliphatic heterocycles. The van der Waals surface area contributed by atoms with Gasteiger partial charge in [-0.15, -0.1) is 22.9 Å². The van der Waals surface area contributed by atoms with Crippen LogP contribution in [0.2, 0.25) is 0 Å². The van der Waals surface area contributed by atoms with E-state index < -0.39 is 0 Å². The standard InChI is InChI=1S/C12H17ClOS/c1-7-6-11(9(3)15-7)12(13)10-4-5-14-8(10)2/h6,8,10,12H,4-5H2,1-3H3. The Hall–Kier alpha value is -0.0500. The summed E-state index contributed by atoms with van der Waals surface area (Å²) in [4.78, 5) is 2.70. The van der Waals surface area contributed by atoms with Crippen LogP contribution in [0, 0.1) is 19.8 Å². The Kier molecular flexibility index (Phi) is 3.39. The van der Waals surface area contributed by atoms with Crippen LogP contribution in [0.5, 0.6) is 0 Å². The van der Waals surface area contributed by atoms with Gasteiger partial charge in [-0.3, -0.25) is 0 Å². The molecule has 1 aliphatic rings. The molecular weight excluding hydrogens is 228 g/mol. The number of thiophene rings is 1. The molecule has 3 heteroatoms. The highest BCUT2D eigenvalue weighted by Gasteiger charge is 2.32. The molecule has 0 spiro atoms. The van der Waals surface area contributed by atoms with Crippen LogP contribution in [0.15, 0.2) is 6.07 Å². The fourth-order valence-electron chi connectivity index (χ4n) is 2.29. The van der Waals surface area contributed by atoms with Crippen molar-refractivity contribution in [3.05, 3.63) is 21.4 Å². The first-order valence-corrected chi connectivity index (χ1v) is 6.67. The van der Waals surface area contributed by atoms with Crippen molar-refractivity contribution in [2.24, 2.45) is 5.92 Å².